The molecule has 2 aromatic rings. The van der Waals surface area contributed by atoms with Gasteiger partial charge >= 0.3 is 5.97 Å². The second-order valence-electron chi connectivity index (χ2n) is 11.7. The van der Waals surface area contributed by atoms with Crippen LogP contribution in [0.2, 0.25) is 0 Å². The third-order valence-electron chi connectivity index (χ3n) is 9.03. The number of nitrogens with one attached hydrogen (secondary N) is 1. The summed E-state index contributed by atoms with van der Waals surface area (Å²) in [5, 5.41) is 23.1. The van der Waals surface area contributed by atoms with Crippen LogP contribution in [-0.2, 0) is 16.1 Å². The van der Waals surface area contributed by atoms with Gasteiger partial charge in [-0.1, -0.05) is 52.2 Å². The number of unbranched alkanes of at least 4 members (excludes halogenated alkanes) is 1. The van der Waals surface area contributed by atoms with E-state index in [1.54, 1.807) is 17.0 Å². The Morgan fingerprint density at radius 2 is 1.74 bits per heavy atom. The molecule has 2 amide bonds. The molecule has 2 heterocycles. The van der Waals surface area contributed by atoms with Gasteiger partial charge in [0.2, 0.25) is 11.8 Å². The van der Waals surface area contributed by atoms with Gasteiger partial charge in [-0.25, -0.2) is 4.79 Å². The van der Waals surface area contributed by atoms with E-state index in [0.29, 0.717) is 50.5 Å². The topological polar surface area (TPSA) is 119 Å². The van der Waals surface area contributed by atoms with Crippen LogP contribution >= 0.6 is 0 Å². The van der Waals surface area contributed by atoms with Crippen LogP contribution in [0.1, 0.15) is 80.8 Å². The summed E-state index contributed by atoms with van der Waals surface area (Å²) in [4.78, 5) is 42.7. The zero-order valence-corrected chi connectivity index (χ0v) is 25.3. The molecule has 0 bridgehead atoms. The summed E-state index contributed by atoms with van der Waals surface area (Å²) < 4.78 is 5.98. The zero-order valence-electron chi connectivity index (χ0n) is 25.3. The Labute approximate surface area is 248 Å². The molecule has 2 aliphatic heterocycles. The van der Waals surface area contributed by atoms with Crippen molar-refractivity contribution in [3.8, 4) is 11.5 Å². The Bertz CT molecular complexity index is 1250. The summed E-state index contributed by atoms with van der Waals surface area (Å²) >= 11 is 0. The van der Waals surface area contributed by atoms with Crippen LogP contribution in [0.4, 0.5) is 0 Å². The monoisotopic (exact) mass is 579 g/mol. The van der Waals surface area contributed by atoms with Crippen molar-refractivity contribution in [2.75, 3.05) is 19.6 Å². The number of piperazine rings is 1. The highest BCUT2D eigenvalue weighted by Gasteiger charge is 2.55. The van der Waals surface area contributed by atoms with Gasteiger partial charge in [-0.05, 0) is 73.6 Å². The van der Waals surface area contributed by atoms with Gasteiger partial charge in [0, 0.05) is 26.2 Å². The summed E-state index contributed by atoms with van der Waals surface area (Å²) in [6.07, 6.45) is 3.44. The Hall–Kier alpha value is -3.43. The van der Waals surface area contributed by atoms with Crippen molar-refractivity contribution in [1.82, 2.24) is 15.1 Å². The summed E-state index contributed by atoms with van der Waals surface area (Å²) in [6, 6.07) is 11.7. The number of rotatable bonds is 12. The Morgan fingerprint density at radius 1 is 1.07 bits per heavy atom. The number of carboxylic acids is 1. The van der Waals surface area contributed by atoms with Crippen molar-refractivity contribution in [3.05, 3.63) is 59.2 Å². The predicted octanol–water partition coefficient (Wildman–Crippen LogP) is 4.74. The molecule has 2 aliphatic rings. The first-order valence-corrected chi connectivity index (χ1v) is 15.3. The SMILES string of the molecule is CCCCN1C(=O)[C@@H]([C@H](O)C(CC)CC)NC(=O)C12CCN(Cc1ccc(Oc3ccc(C(=O)O)cc3C)cc1)CC2. The van der Waals surface area contributed by atoms with E-state index < -0.39 is 23.7 Å². The number of aliphatic hydroxyl groups excluding tert-OH is 1. The van der Waals surface area contributed by atoms with Crippen LogP contribution in [0.15, 0.2) is 42.5 Å². The number of ether oxygens (including phenoxy) is 1. The van der Waals surface area contributed by atoms with E-state index >= 15 is 0 Å². The van der Waals surface area contributed by atoms with E-state index in [1.165, 1.54) is 6.07 Å². The van der Waals surface area contributed by atoms with Crippen molar-refractivity contribution in [2.45, 2.75) is 90.4 Å². The number of carbonyl (C=O) groups excluding carboxylic acids is 2. The van der Waals surface area contributed by atoms with Gasteiger partial charge in [0.1, 0.15) is 23.1 Å². The summed E-state index contributed by atoms with van der Waals surface area (Å²) in [7, 11) is 0. The van der Waals surface area contributed by atoms with E-state index in [0.717, 1.165) is 36.8 Å². The molecule has 2 atom stereocenters. The molecular weight excluding hydrogens is 534 g/mol. The molecule has 42 heavy (non-hydrogen) atoms. The average Bonchev–Trinajstić information content (AvgIpc) is 2.98. The number of amides is 2. The number of carbonyl (C=O) groups is 3. The first-order chi connectivity index (χ1) is 20.1. The smallest absolute Gasteiger partial charge is 0.335 e. The molecule has 2 aromatic carbocycles. The zero-order chi connectivity index (χ0) is 30.4. The van der Waals surface area contributed by atoms with Crippen LogP contribution in [-0.4, -0.2) is 75.1 Å². The normalized spacial score (nSPS) is 19.7. The molecule has 0 unspecified atom stereocenters. The molecule has 0 saturated carbocycles. The summed E-state index contributed by atoms with van der Waals surface area (Å²) in [6.45, 7) is 10.5. The highest BCUT2D eigenvalue weighted by atomic mass is 16.5. The minimum Gasteiger partial charge on any atom is -0.478 e. The van der Waals surface area contributed by atoms with Crippen molar-refractivity contribution in [3.63, 3.8) is 0 Å². The number of piperidine rings is 1. The molecule has 2 fully saturated rings. The standard InChI is InChI=1S/C33H45N3O6/c1-5-8-17-36-30(38)28(29(37)24(6-2)7-3)34-32(41)33(36)15-18-35(19-16-33)21-23-9-12-26(13-10-23)42-27-14-11-25(31(39)40)20-22(27)4/h9-14,20,24,28-29,37H,5-8,15-19,21H2,1-4H3,(H,34,41)(H,39,40)/t28-,29-/m1/s1. The van der Waals surface area contributed by atoms with Crippen molar-refractivity contribution >= 4 is 17.8 Å². The quantitative estimate of drug-likeness (QED) is 0.332. The van der Waals surface area contributed by atoms with Gasteiger partial charge in [0.05, 0.1) is 11.7 Å². The third-order valence-corrected chi connectivity index (χ3v) is 9.03. The molecule has 0 aliphatic carbocycles. The number of hydrogen-bond donors (Lipinski definition) is 3. The first-order valence-electron chi connectivity index (χ1n) is 15.3. The Kier molecular flexibility index (Phi) is 10.3. The number of nitrogens with zero attached hydrogens (tertiary/aromatic N) is 2. The fraction of sp³-hybridized carbons (Fsp3) is 0.545. The maximum Gasteiger partial charge on any atom is 0.335 e. The van der Waals surface area contributed by atoms with E-state index in [9.17, 15) is 24.6 Å². The second-order valence-corrected chi connectivity index (χ2v) is 11.7. The molecular formula is C33H45N3O6. The summed E-state index contributed by atoms with van der Waals surface area (Å²) in [5.41, 5.74) is 1.20. The first kappa shape index (κ1) is 31.5. The number of aromatic carboxylic acids is 1. The lowest BCUT2D eigenvalue weighted by molar-refractivity contribution is -0.165. The van der Waals surface area contributed by atoms with Crippen LogP contribution < -0.4 is 10.1 Å². The maximum absolute atomic E-state index is 13.7. The molecule has 2 saturated heterocycles. The van der Waals surface area contributed by atoms with E-state index in [-0.39, 0.29) is 23.3 Å². The van der Waals surface area contributed by atoms with Crippen LogP contribution in [0.3, 0.4) is 0 Å². The number of likely N-dealkylation sites (tertiary alicyclic amines) is 1. The van der Waals surface area contributed by atoms with Crippen molar-refractivity contribution in [1.29, 1.82) is 0 Å². The fourth-order valence-electron chi connectivity index (χ4n) is 6.28. The van der Waals surface area contributed by atoms with Crippen molar-refractivity contribution < 1.29 is 29.3 Å². The molecule has 4 rings (SSSR count). The number of aliphatic hydroxyl groups is 1. The van der Waals surface area contributed by atoms with Crippen molar-refractivity contribution in [2.24, 2.45) is 5.92 Å². The van der Waals surface area contributed by atoms with E-state index in [2.05, 4.69) is 17.1 Å². The van der Waals surface area contributed by atoms with Gasteiger partial charge in [-0.15, -0.1) is 0 Å². The predicted molar refractivity (Wildman–Crippen MR) is 161 cm³/mol. The van der Waals surface area contributed by atoms with Gasteiger partial charge < -0.3 is 25.2 Å². The largest absolute Gasteiger partial charge is 0.478 e. The Balaban J connectivity index is 1.40. The average molecular weight is 580 g/mol. The van der Waals surface area contributed by atoms with Gasteiger partial charge in [0.25, 0.3) is 0 Å². The lowest BCUT2D eigenvalue weighted by Gasteiger charge is -2.52. The highest BCUT2D eigenvalue weighted by Crippen LogP contribution is 2.35. The number of aryl methyl sites for hydroxylation is 1. The van der Waals surface area contributed by atoms with Gasteiger partial charge in [-0.2, -0.15) is 0 Å². The Morgan fingerprint density at radius 3 is 2.31 bits per heavy atom. The van der Waals surface area contributed by atoms with Gasteiger partial charge in [0.15, 0.2) is 0 Å². The minimum absolute atomic E-state index is 0.0403. The molecule has 9 heteroatoms. The molecule has 228 valence electrons. The molecule has 3 N–H and O–H groups in total. The maximum atomic E-state index is 13.7. The van der Waals surface area contributed by atoms with Crippen LogP contribution in [0.5, 0.6) is 11.5 Å². The second kappa shape index (κ2) is 13.7. The molecule has 0 aromatic heterocycles. The van der Waals surface area contributed by atoms with Gasteiger partial charge in [-0.3, -0.25) is 14.5 Å². The molecule has 1 spiro atoms. The molecule has 0 radical (unpaired) electrons. The van der Waals surface area contributed by atoms with E-state index in [1.807, 2.05) is 45.0 Å². The number of benzene rings is 2. The molecule has 9 nitrogen and oxygen atoms in total. The lowest BCUT2D eigenvalue weighted by Crippen LogP contribution is -2.75. The fourth-order valence-corrected chi connectivity index (χ4v) is 6.28. The minimum atomic E-state index is -0.970. The highest BCUT2D eigenvalue weighted by molar-refractivity contribution is 6.00. The van der Waals surface area contributed by atoms with Crippen LogP contribution in [0.25, 0.3) is 0 Å². The third kappa shape index (κ3) is 6.63. The number of carboxylic acid groups (broad SMARTS) is 1. The van der Waals surface area contributed by atoms with E-state index in [4.69, 9.17) is 4.74 Å². The lowest BCUT2D eigenvalue weighted by atomic mass is 9.79. The van der Waals surface area contributed by atoms with Crippen LogP contribution in [0, 0.1) is 12.8 Å². The summed E-state index contributed by atoms with van der Waals surface area (Å²) in [5.74, 6) is -0.0304. The number of hydrogen-bond acceptors (Lipinski definition) is 6.